The van der Waals surface area contributed by atoms with Gasteiger partial charge >= 0.3 is 12.1 Å². The second-order valence-electron chi connectivity index (χ2n) is 5.79. The van der Waals surface area contributed by atoms with E-state index in [2.05, 4.69) is 5.32 Å². The lowest BCUT2D eigenvalue weighted by atomic mass is 10.0. The number of ether oxygens (including phenoxy) is 1. The van der Waals surface area contributed by atoms with Crippen LogP contribution < -0.4 is 5.32 Å². The zero-order valence-corrected chi connectivity index (χ0v) is 13.4. The normalized spacial score (nSPS) is 14.7. The predicted molar refractivity (Wildman–Crippen MR) is 83.6 cm³/mol. The SMILES string of the molecule is CCOC(=O)CCn1c2c(c3cc(C(F)(F)F)ccc31)CNCC2. The van der Waals surface area contributed by atoms with E-state index in [9.17, 15) is 18.0 Å². The molecule has 0 saturated heterocycles. The summed E-state index contributed by atoms with van der Waals surface area (Å²) in [5.41, 5.74) is 1.99. The van der Waals surface area contributed by atoms with Crippen LogP contribution in [0.25, 0.3) is 10.9 Å². The lowest BCUT2D eigenvalue weighted by Crippen LogP contribution is -2.25. The van der Waals surface area contributed by atoms with Crippen LogP contribution in [-0.2, 0) is 35.2 Å². The van der Waals surface area contributed by atoms with Crippen molar-refractivity contribution in [3.8, 4) is 0 Å². The Labute approximate surface area is 137 Å². The maximum atomic E-state index is 13.0. The minimum absolute atomic E-state index is 0.207. The van der Waals surface area contributed by atoms with Gasteiger partial charge in [-0.3, -0.25) is 4.79 Å². The molecule has 2 aromatic rings. The molecule has 0 saturated carbocycles. The van der Waals surface area contributed by atoms with E-state index < -0.39 is 11.7 Å². The molecule has 0 bridgehead atoms. The standard InChI is InChI=1S/C17H19F3N2O2/c1-2-24-16(23)6-8-22-14-4-3-11(17(18,19)20)9-12(14)13-10-21-7-5-15(13)22/h3-4,9,21H,2,5-8,10H2,1H3. The van der Waals surface area contributed by atoms with E-state index in [1.165, 1.54) is 12.1 Å². The number of fused-ring (bicyclic) bond motifs is 3. The quantitative estimate of drug-likeness (QED) is 0.869. The molecule has 24 heavy (non-hydrogen) atoms. The molecule has 0 amide bonds. The largest absolute Gasteiger partial charge is 0.466 e. The number of esters is 1. The third kappa shape index (κ3) is 3.13. The van der Waals surface area contributed by atoms with Crippen LogP contribution in [0.3, 0.4) is 0 Å². The van der Waals surface area contributed by atoms with Gasteiger partial charge in [0, 0.05) is 42.7 Å². The predicted octanol–water partition coefficient (Wildman–Crippen LogP) is 3.26. The minimum Gasteiger partial charge on any atom is -0.466 e. The molecule has 130 valence electrons. The number of nitrogens with zero attached hydrogens (tertiary/aromatic N) is 1. The zero-order chi connectivity index (χ0) is 17.3. The first-order chi connectivity index (χ1) is 11.4. The molecule has 0 unspecified atom stereocenters. The van der Waals surface area contributed by atoms with Gasteiger partial charge in [-0.15, -0.1) is 0 Å². The van der Waals surface area contributed by atoms with Gasteiger partial charge in [0.2, 0.25) is 0 Å². The number of hydrogen-bond acceptors (Lipinski definition) is 3. The number of benzene rings is 1. The van der Waals surface area contributed by atoms with Gasteiger partial charge in [0.15, 0.2) is 0 Å². The highest BCUT2D eigenvalue weighted by Crippen LogP contribution is 2.35. The Kier molecular flexibility index (Phi) is 4.54. The van der Waals surface area contributed by atoms with Crippen LogP contribution in [0, 0.1) is 0 Å². The van der Waals surface area contributed by atoms with E-state index in [0.29, 0.717) is 25.1 Å². The highest BCUT2D eigenvalue weighted by molar-refractivity contribution is 5.87. The van der Waals surface area contributed by atoms with Crippen molar-refractivity contribution >= 4 is 16.9 Å². The molecular formula is C17H19F3N2O2. The summed E-state index contributed by atoms with van der Waals surface area (Å²) in [6.45, 7) is 3.79. The summed E-state index contributed by atoms with van der Waals surface area (Å²) >= 11 is 0. The van der Waals surface area contributed by atoms with Crippen molar-refractivity contribution in [2.45, 2.75) is 39.0 Å². The molecule has 0 aliphatic carbocycles. The van der Waals surface area contributed by atoms with Gasteiger partial charge in [0.1, 0.15) is 0 Å². The van der Waals surface area contributed by atoms with Crippen molar-refractivity contribution in [3.05, 3.63) is 35.0 Å². The van der Waals surface area contributed by atoms with E-state index in [-0.39, 0.29) is 12.4 Å². The molecule has 2 heterocycles. The third-order valence-electron chi connectivity index (χ3n) is 4.30. The van der Waals surface area contributed by atoms with Crippen LogP contribution in [0.4, 0.5) is 13.2 Å². The van der Waals surface area contributed by atoms with Crippen molar-refractivity contribution in [1.29, 1.82) is 0 Å². The molecule has 0 spiro atoms. The molecule has 4 nitrogen and oxygen atoms in total. The summed E-state index contributed by atoms with van der Waals surface area (Å²) in [6.07, 6.45) is -3.43. The number of hydrogen-bond donors (Lipinski definition) is 1. The fourth-order valence-electron chi connectivity index (χ4n) is 3.25. The highest BCUT2D eigenvalue weighted by Gasteiger charge is 2.31. The topological polar surface area (TPSA) is 43.3 Å². The summed E-state index contributed by atoms with van der Waals surface area (Å²) in [4.78, 5) is 11.6. The molecule has 1 N–H and O–H groups in total. The summed E-state index contributed by atoms with van der Waals surface area (Å²) < 4.78 is 45.9. The Morgan fingerprint density at radius 1 is 1.38 bits per heavy atom. The lowest BCUT2D eigenvalue weighted by molar-refractivity contribution is -0.143. The fraction of sp³-hybridized carbons (Fsp3) is 0.471. The Morgan fingerprint density at radius 3 is 2.88 bits per heavy atom. The molecular weight excluding hydrogens is 321 g/mol. The molecule has 0 fully saturated rings. The Hall–Kier alpha value is -2.02. The number of nitrogens with one attached hydrogen (secondary N) is 1. The van der Waals surface area contributed by atoms with Gasteiger partial charge in [0.25, 0.3) is 0 Å². The Bertz CT molecular complexity index is 765. The second kappa shape index (κ2) is 6.47. The second-order valence-corrected chi connectivity index (χ2v) is 5.79. The minimum atomic E-state index is -4.36. The van der Waals surface area contributed by atoms with Crippen molar-refractivity contribution in [3.63, 3.8) is 0 Å². The third-order valence-corrected chi connectivity index (χ3v) is 4.30. The molecule has 1 aromatic carbocycles. The van der Waals surface area contributed by atoms with Crippen LogP contribution in [0.15, 0.2) is 18.2 Å². The van der Waals surface area contributed by atoms with Gasteiger partial charge < -0.3 is 14.6 Å². The van der Waals surface area contributed by atoms with Gasteiger partial charge in [0.05, 0.1) is 18.6 Å². The first-order valence-corrected chi connectivity index (χ1v) is 7.99. The van der Waals surface area contributed by atoms with Crippen LogP contribution in [-0.4, -0.2) is 23.7 Å². The molecule has 1 aliphatic rings. The van der Waals surface area contributed by atoms with E-state index in [4.69, 9.17) is 4.74 Å². The number of halogens is 3. The van der Waals surface area contributed by atoms with E-state index in [0.717, 1.165) is 35.8 Å². The van der Waals surface area contributed by atoms with Gasteiger partial charge in [-0.1, -0.05) is 0 Å². The fourth-order valence-corrected chi connectivity index (χ4v) is 3.25. The number of aryl methyl sites for hydroxylation is 1. The average Bonchev–Trinajstić information content (AvgIpc) is 2.86. The summed E-state index contributed by atoms with van der Waals surface area (Å²) in [6, 6.07) is 3.81. The highest BCUT2D eigenvalue weighted by atomic mass is 19.4. The van der Waals surface area contributed by atoms with E-state index in [1.807, 2.05) is 4.57 Å². The lowest BCUT2D eigenvalue weighted by Gasteiger charge is -2.17. The number of alkyl halides is 3. The molecule has 3 rings (SSSR count). The molecule has 0 atom stereocenters. The van der Waals surface area contributed by atoms with Crippen molar-refractivity contribution in [1.82, 2.24) is 9.88 Å². The molecule has 1 aromatic heterocycles. The van der Waals surface area contributed by atoms with Crippen LogP contribution in [0.1, 0.15) is 30.2 Å². The summed E-state index contributed by atoms with van der Waals surface area (Å²) in [5.74, 6) is -0.297. The van der Waals surface area contributed by atoms with Crippen molar-refractivity contribution in [2.24, 2.45) is 0 Å². The molecule has 1 aliphatic heterocycles. The number of carbonyl (C=O) groups excluding carboxylic acids is 1. The Balaban J connectivity index is 2.03. The van der Waals surface area contributed by atoms with Gasteiger partial charge in [-0.2, -0.15) is 13.2 Å². The van der Waals surface area contributed by atoms with Crippen molar-refractivity contribution < 1.29 is 22.7 Å². The maximum Gasteiger partial charge on any atom is 0.416 e. The number of rotatable bonds is 4. The van der Waals surface area contributed by atoms with Crippen LogP contribution in [0.5, 0.6) is 0 Å². The monoisotopic (exact) mass is 340 g/mol. The van der Waals surface area contributed by atoms with Crippen LogP contribution in [0.2, 0.25) is 0 Å². The molecule has 7 heteroatoms. The smallest absolute Gasteiger partial charge is 0.416 e. The average molecular weight is 340 g/mol. The van der Waals surface area contributed by atoms with Gasteiger partial charge in [-0.25, -0.2) is 0 Å². The van der Waals surface area contributed by atoms with Crippen LogP contribution >= 0.6 is 0 Å². The zero-order valence-electron chi connectivity index (χ0n) is 13.4. The van der Waals surface area contributed by atoms with E-state index in [1.54, 1.807) is 6.92 Å². The molecule has 0 radical (unpaired) electrons. The number of carbonyl (C=O) groups is 1. The van der Waals surface area contributed by atoms with E-state index >= 15 is 0 Å². The maximum absolute atomic E-state index is 13.0. The first-order valence-electron chi connectivity index (χ1n) is 7.99. The summed E-state index contributed by atoms with van der Waals surface area (Å²) in [5, 5.41) is 3.81. The van der Waals surface area contributed by atoms with Crippen molar-refractivity contribution in [2.75, 3.05) is 13.2 Å². The number of aromatic nitrogens is 1. The first kappa shape index (κ1) is 16.8. The van der Waals surface area contributed by atoms with Gasteiger partial charge in [-0.05, 0) is 30.7 Å². The summed E-state index contributed by atoms with van der Waals surface area (Å²) in [7, 11) is 0. The Morgan fingerprint density at radius 2 is 2.17 bits per heavy atom.